The fraction of sp³-hybridized carbons (Fsp3) is 0.769. The molecule has 12 nitrogen and oxygen atoms in total. The molecule has 3 aliphatic rings. The number of hydrogen-bond donors (Lipinski definition) is 3. The molecule has 0 aliphatic carbocycles. The summed E-state index contributed by atoms with van der Waals surface area (Å²) in [6.45, 7) is 7.68. The summed E-state index contributed by atoms with van der Waals surface area (Å²) < 4.78 is 0. The molecule has 3 rings (SSSR count). The summed E-state index contributed by atoms with van der Waals surface area (Å²) in [6, 6.07) is 0. The predicted octanol–water partition coefficient (Wildman–Crippen LogP) is 1.39. The Balaban J connectivity index is -0.000000298. The topological polar surface area (TPSA) is 162 Å². The number of amides is 6. The van der Waals surface area contributed by atoms with Crippen molar-refractivity contribution in [3.8, 4) is 0 Å². The third-order valence-corrected chi connectivity index (χ3v) is 5.91. The second-order valence-corrected chi connectivity index (χ2v) is 8.67. The molecule has 3 unspecified atom stereocenters. The van der Waals surface area contributed by atoms with Gasteiger partial charge in [-0.25, -0.2) is 0 Å². The lowest BCUT2D eigenvalue weighted by atomic mass is 10.1. The van der Waals surface area contributed by atoms with Gasteiger partial charge >= 0.3 is 0 Å². The standard InChI is InChI=1S/C14H21N3O4.C7H13N3O2.5CH4/c1-9-7-11(18)16(13(9)20)5-3-15-4-6-17-12(19)8-10(2)14(17)21;1-5-4-6(11)10(7(5)12)3-2-9-8;;;;;/h9-10,15H,3-8H2,1-2H3;5,9H,2-4,8H2,1H3;5*1H4. The van der Waals surface area contributed by atoms with Gasteiger partial charge in [-0.05, 0) is 0 Å². The number of likely N-dealkylation sites (tertiary alicyclic amines) is 3. The molecule has 0 aromatic carbocycles. The fourth-order valence-corrected chi connectivity index (χ4v) is 3.93. The molecule has 0 spiro atoms. The Bertz CT molecular complexity index is 763. The van der Waals surface area contributed by atoms with Gasteiger partial charge in [-0.1, -0.05) is 57.9 Å². The van der Waals surface area contributed by atoms with Crippen molar-refractivity contribution >= 4 is 35.4 Å². The summed E-state index contributed by atoms with van der Waals surface area (Å²) >= 11 is 0. The fourth-order valence-electron chi connectivity index (χ4n) is 3.93. The lowest BCUT2D eigenvalue weighted by molar-refractivity contribution is -0.140. The molecule has 0 radical (unpaired) electrons. The second-order valence-electron chi connectivity index (χ2n) is 8.67. The Labute approximate surface area is 230 Å². The Kier molecular flexibility index (Phi) is 21.6. The van der Waals surface area contributed by atoms with Crippen LogP contribution in [-0.4, -0.2) is 89.4 Å². The largest absolute Gasteiger partial charge is 0.313 e. The number of carbonyl (C=O) groups is 6. The van der Waals surface area contributed by atoms with Gasteiger partial charge in [0, 0.05) is 76.3 Å². The van der Waals surface area contributed by atoms with Crippen molar-refractivity contribution in [3.05, 3.63) is 0 Å². The lowest BCUT2D eigenvalue weighted by Crippen LogP contribution is -2.40. The third kappa shape index (κ3) is 10.6. The van der Waals surface area contributed by atoms with Crippen LogP contribution in [0.2, 0.25) is 0 Å². The first-order valence-corrected chi connectivity index (χ1v) is 11.2. The average Bonchev–Trinajstić information content (AvgIpc) is 3.26. The molecule has 3 saturated heterocycles. The summed E-state index contributed by atoms with van der Waals surface area (Å²) in [4.78, 5) is 72.7. The van der Waals surface area contributed by atoms with E-state index in [9.17, 15) is 28.8 Å². The first-order valence-electron chi connectivity index (χ1n) is 11.2. The van der Waals surface area contributed by atoms with E-state index in [0.29, 0.717) is 45.7 Å². The zero-order chi connectivity index (χ0) is 24.7. The van der Waals surface area contributed by atoms with Crippen molar-refractivity contribution in [1.29, 1.82) is 0 Å². The highest BCUT2D eigenvalue weighted by atomic mass is 16.2. The number of nitrogens with two attached hydrogens (primary N) is 1. The molecule has 3 fully saturated rings. The Morgan fingerprint density at radius 2 is 0.842 bits per heavy atom. The third-order valence-electron chi connectivity index (χ3n) is 5.91. The van der Waals surface area contributed by atoms with Gasteiger partial charge in [0.15, 0.2) is 0 Å². The normalized spacial score (nSPS) is 22.1. The molecule has 3 heterocycles. The monoisotopic (exact) mass is 546 g/mol. The summed E-state index contributed by atoms with van der Waals surface area (Å²) in [7, 11) is 0. The van der Waals surface area contributed by atoms with Crippen molar-refractivity contribution in [1.82, 2.24) is 25.4 Å². The van der Waals surface area contributed by atoms with E-state index < -0.39 is 0 Å². The van der Waals surface area contributed by atoms with Crippen molar-refractivity contribution < 1.29 is 28.8 Å². The molecular weight excluding hydrogens is 492 g/mol. The highest BCUT2D eigenvalue weighted by Gasteiger charge is 2.36. The van der Waals surface area contributed by atoms with Crippen LogP contribution < -0.4 is 16.6 Å². The van der Waals surface area contributed by atoms with Crippen molar-refractivity contribution in [2.24, 2.45) is 23.6 Å². The molecule has 38 heavy (non-hydrogen) atoms. The average molecular weight is 547 g/mol. The summed E-state index contributed by atoms with van der Waals surface area (Å²) in [6.07, 6.45) is 0.907. The minimum Gasteiger partial charge on any atom is -0.313 e. The number of nitrogens with zero attached hydrogens (tertiary/aromatic N) is 3. The number of hydrazine groups is 1. The smallest absolute Gasteiger partial charge is 0.232 e. The van der Waals surface area contributed by atoms with Gasteiger partial charge in [-0.15, -0.1) is 0 Å². The van der Waals surface area contributed by atoms with E-state index in [2.05, 4.69) is 10.7 Å². The molecule has 0 saturated carbocycles. The van der Waals surface area contributed by atoms with Crippen LogP contribution in [-0.2, 0) is 28.8 Å². The highest BCUT2D eigenvalue weighted by Crippen LogP contribution is 2.19. The lowest BCUT2D eigenvalue weighted by Gasteiger charge is -2.17. The van der Waals surface area contributed by atoms with E-state index in [1.54, 1.807) is 20.8 Å². The van der Waals surface area contributed by atoms with E-state index in [0.717, 1.165) is 0 Å². The minimum absolute atomic E-state index is 0. The molecule has 224 valence electrons. The molecule has 0 aromatic heterocycles. The number of rotatable bonds is 9. The van der Waals surface area contributed by atoms with Crippen LogP contribution in [0.5, 0.6) is 0 Å². The molecule has 0 aromatic rings. The van der Waals surface area contributed by atoms with Crippen LogP contribution in [0.4, 0.5) is 0 Å². The minimum atomic E-state index is -0.223. The van der Waals surface area contributed by atoms with Crippen LogP contribution >= 0.6 is 0 Å². The van der Waals surface area contributed by atoms with Crippen LogP contribution in [0.3, 0.4) is 0 Å². The number of carbonyl (C=O) groups excluding carboxylic acids is 6. The van der Waals surface area contributed by atoms with Gasteiger partial charge in [0.25, 0.3) is 0 Å². The maximum Gasteiger partial charge on any atom is 0.232 e. The molecule has 3 aliphatic heterocycles. The Morgan fingerprint density at radius 1 is 0.579 bits per heavy atom. The molecule has 3 atom stereocenters. The summed E-state index contributed by atoms with van der Waals surface area (Å²) in [5, 5.41) is 3.06. The van der Waals surface area contributed by atoms with Gasteiger partial charge in [-0.2, -0.15) is 0 Å². The van der Waals surface area contributed by atoms with E-state index in [1.807, 2.05) is 0 Å². The van der Waals surface area contributed by atoms with Crippen LogP contribution in [0, 0.1) is 17.8 Å². The van der Waals surface area contributed by atoms with Crippen LogP contribution in [0.15, 0.2) is 0 Å². The van der Waals surface area contributed by atoms with Crippen LogP contribution in [0.1, 0.15) is 77.2 Å². The van der Waals surface area contributed by atoms with E-state index >= 15 is 0 Å². The SMILES string of the molecule is C.C.C.C.C.CC1CC(=O)N(CCNCCN2C(=O)CC(C)C2=O)C1=O.CC1CC(=O)N(CCNN)C1=O. The second kappa shape index (κ2) is 19.4. The molecule has 12 heteroatoms. The maximum absolute atomic E-state index is 11.7. The Morgan fingerprint density at radius 3 is 1.05 bits per heavy atom. The zero-order valence-electron chi connectivity index (χ0n) is 19.5. The summed E-state index contributed by atoms with van der Waals surface area (Å²) in [5.41, 5.74) is 2.40. The van der Waals surface area contributed by atoms with Crippen molar-refractivity contribution in [2.75, 3.05) is 39.3 Å². The number of nitrogens with one attached hydrogen (secondary N) is 2. The van der Waals surface area contributed by atoms with Crippen molar-refractivity contribution in [3.63, 3.8) is 0 Å². The van der Waals surface area contributed by atoms with Gasteiger partial charge in [0.05, 0.1) is 0 Å². The number of hydrogen-bond acceptors (Lipinski definition) is 9. The molecule has 4 N–H and O–H groups in total. The van der Waals surface area contributed by atoms with E-state index in [-0.39, 0.29) is 103 Å². The highest BCUT2D eigenvalue weighted by molar-refractivity contribution is 6.04. The van der Waals surface area contributed by atoms with E-state index in [4.69, 9.17) is 5.84 Å². The molecule has 0 bridgehead atoms. The molecule has 6 amide bonds. The molecular formula is C26H54N6O6. The quantitative estimate of drug-likeness (QED) is 0.168. The first kappa shape index (κ1) is 42.4. The number of imide groups is 3. The van der Waals surface area contributed by atoms with Crippen molar-refractivity contribution in [2.45, 2.75) is 77.2 Å². The van der Waals surface area contributed by atoms with Gasteiger partial charge < -0.3 is 5.32 Å². The predicted molar refractivity (Wildman–Crippen MR) is 150 cm³/mol. The first-order chi connectivity index (χ1) is 15.6. The van der Waals surface area contributed by atoms with Gasteiger partial charge in [-0.3, -0.25) is 54.7 Å². The van der Waals surface area contributed by atoms with Gasteiger partial charge in [0.1, 0.15) is 0 Å². The summed E-state index contributed by atoms with van der Waals surface area (Å²) in [5.74, 6) is 3.73. The zero-order valence-corrected chi connectivity index (χ0v) is 19.5. The Hall–Kier alpha value is -2.70. The van der Waals surface area contributed by atoms with E-state index in [1.165, 1.54) is 14.7 Å². The van der Waals surface area contributed by atoms with Crippen LogP contribution in [0.25, 0.3) is 0 Å². The maximum atomic E-state index is 11.7. The van der Waals surface area contributed by atoms with Gasteiger partial charge in [0.2, 0.25) is 35.4 Å².